The largest absolute Gasteiger partial charge is 0.481 e. The Morgan fingerprint density at radius 3 is 2.90 bits per heavy atom. The lowest BCUT2D eigenvalue weighted by Crippen LogP contribution is -2.36. The minimum absolute atomic E-state index is 0.201. The smallest absolute Gasteiger partial charge is 0.261 e. The number of carbonyl (C=O) groups is 1. The summed E-state index contributed by atoms with van der Waals surface area (Å²) in [6, 6.07) is 7.61. The van der Waals surface area contributed by atoms with E-state index in [1.54, 1.807) is 14.0 Å². The number of terminal acetylenes is 1. The maximum Gasteiger partial charge on any atom is 0.261 e. The predicted octanol–water partition coefficient (Wildman–Crippen LogP) is 0.939. The Morgan fingerprint density at radius 2 is 2.19 bits per heavy atom. The lowest BCUT2D eigenvalue weighted by molar-refractivity contribution is -0.127. The van der Waals surface area contributed by atoms with Gasteiger partial charge in [0.05, 0.1) is 13.2 Å². The summed E-state index contributed by atoms with van der Waals surface area (Å²) in [6.07, 6.45) is 4.51. The van der Waals surface area contributed by atoms with Crippen LogP contribution in [-0.2, 0) is 16.1 Å². The number of carbonyl (C=O) groups excluding carboxylic acids is 1. The van der Waals surface area contributed by atoms with Crippen molar-refractivity contribution in [3.05, 3.63) is 29.8 Å². The van der Waals surface area contributed by atoms with Gasteiger partial charge in [0.1, 0.15) is 5.75 Å². The minimum atomic E-state index is -0.599. The van der Waals surface area contributed by atoms with Crippen molar-refractivity contribution in [3.8, 4) is 18.1 Å². The number of para-hydroxylation sites is 1. The van der Waals surface area contributed by atoms with Gasteiger partial charge in [-0.1, -0.05) is 24.1 Å². The van der Waals surface area contributed by atoms with Crippen LogP contribution < -0.4 is 15.4 Å². The summed E-state index contributed by atoms with van der Waals surface area (Å²) in [6.45, 7) is 3.95. The third kappa shape index (κ3) is 6.30. The summed E-state index contributed by atoms with van der Waals surface area (Å²) in [5.41, 5.74) is 0.991. The van der Waals surface area contributed by atoms with Crippen molar-refractivity contribution in [1.29, 1.82) is 0 Å². The monoisotopic (exact) mass is 290 g/mol. The molecule has 1 atom stereocenters. The maximum atomic E-state index is 11.8. The zero-order chi connectivity index (χ0) is 15.5. The van der Waals surface area contributed by atoms with Crippen molar-refractivity contribution in [3.63, 3.8) is 0 Å². The third-order valence-electron chi connectivity index (χ3n) is 2.81. The van der Waals surface area contributed by atoms with Crippen molar-refractivity contribution in [1.82, 2.24) is 10.6 Å². The molecule has 1 amide bonds. The minimum Gasteiger partial charge on any atom is -0.481 e. The van der Waals surface area contributed by atoms with Gasteiger partial charge >= 0.3 is 0 Å². The number of amides is 1. The van der Waals surface area contributed by atoms with E-state index in [4.69, 9.17) is 15.9 Å². The normalized spacial score (nSPS) is 11.5. The molecule has 0 heterocycles. The molecule has 0 bridgehead atoms. The highest BCUT2D eigenvalue weighted by molar-refractivity contribution is 5.80. The Labute approximate surface area is 126 Å². The van der Waals surface area contributed by atoms with E-state index < -0.39 is 6.10 Å². The highest BCUT2D eigenvalue weighted by Crippen LogP contribution is 2.19. The average Bonchev–Trinajstić information content (AvgIpc) is 2.50. The summed E-state index contributed by atoms with van der Waals surface area (Å²) in [4.78, 5) is 11.8. The van der Waals surface area contributed by atoms with E-state index in [0.29, 0.717) is 18.9 Å². The molecular formula is C16H22N2O3. The van der Waals surface area contributed by atoms with Crippen molar-refractivity contribution < 1.29 is 14.3 Å². The van der Waals surface area contributed by atoms with Gasteiger partial charge in [0, 0.05) is 25.8 Å². The first-order chi connectivity index (χ1) is 10.2. The Balaban J connectivity index is 2.57. The number of hydrogen-bond acceptors (Lipinski definition) is 4. The SMILES string of the molecule is C#CCNC(=O)C(C)Oc1ccccc1CNCCOC. The first-order valence-corrected chi connectivity index (χ1v) is 6.84. The molecule has 0 radical (unpaired) electrons. The van der Waals surface area contributed by atoms with Gasteiger partial charge < -0.3 is 20.1 Å². The Hall–Kier alpha value is -2.03. The Kier molecular flexibility index (Phi) is 7.95. The number of benzene rings is 1. The van der Waals surface area contributed by atoms with Gasteiger partial charge in [-0.15, -0.1) is 6.42 Å². The maximum absolute atomic E-state index is 11.8. The molecular weight excluding hydrogens is 268 g/mol. The lowest BCUT2D eigenvalue weighted by Gasteiger charge is -2.17. The second kappa shape index (κ2) is 9.81. The van der Waals surface area contributed by atoms with Crippen molar-refractivity contribution >= 4 is 5.91 Å². The number of nitrogens with one attached hydrogen (secondary N) is 2. The van der Waals surface area contributed by atoms with Crippen LogP contribution in [0.4, 0.5) is 0 Å². The molecule has 1 aromatic rings. The molecule has 21 heavy (non-hydrogen) atoms. The van der Waals surface area contributed by atoms with Crippen LogP contribution in [0.3, 0.4) is 0 Å². The quantitative estimate of drug-likeness (QED) is 0.525. The molecule has 0 aliphatic carbocycles. The molecule has 0 aliphatic rings. The fourth-order valence-electron chi connectivity index (χ4n) is 1.69. The van der Waals surface area contributed by atoms with Crippen LogP contribution in [0.1, 0.15) is 12.5 Å². The van der Waals surface area contributed by atoms with E-state index in [-0.39, 0.29) is 12.5 Å². The summed E-state index contributed by atoms with van der Waals surface area (Å²) >= 11 is 0. The van der Waals surface area contributed by atoms with Crippen LogP contribution in [0.15, 0.2) is 24.3 Å². The Bertz CT molecular complexity index is 483. The molecule has 0 aliphatic heterocycles. The summed E-state index contributed by atoms with van der Waals surface area (Å²) < 4.78 is 10.7. The number of rotatable bonds is 9. The molecule has 5 heteroatoms. The van der Waals surface area contributed by atoms with Gasteiger partial charge in [-0.3, -0.25) is 4.79 Å². The molecule has 0 spiro atoms. The first-order valence-electron chi connectivity index (χ1n) is 6.84. The fraction of sp³-hybridized carbons (Fsp3) is 0.438. The zero-order valence-electron chi connectivity index (χ0n) is 12.5. The van der Waals surface area contributed by atoms with Gasteiger partial charge in [0.2, 0.25) is 0 Å². The van der Waals surface area contributed by atoms with Crippen molar-refractivity contribution in [2.45, 2.75) is 19.6 Å². The van der Waals surface area contributed by atoms with Crippen LogP contribution in [0.2, 0.25) is 0 Å². The highest BCUT2D eigenvalue weighted by atomic mass is 16.5. The molecule has 1 unspecified atom stereocenters. The highest BCUT2D eigenvalue weighted by Gasteiger charge is 2.15. The molecule has 1 aromatic carbocycles. The van der Waals surface area contributed by atoms with E-state index in [0.717, 1.165) is 12.1 Å². The summed E-state index contributed by atoms with van der Waals surface area (Å²) in [5, 5.41) is 5.85. The molecule has 114 valence electrons. The van der Waals surface area contributed by atoms with E-state index in [1.165, 1.54) is 0 Å². The van der Waals surface area contributed by atoms with Gasteiger partial charge in [0.25, 0.3) is 5.91 Å². The first kappa shape index (κ1) is 17.0. The molecule has 0 saturated carbocycles. The molecule has 0 aromatic heterocycles. The zero-order valence-corrected chi connectivity index (χ0v) is 12.5. The number of methoxy groups -OCH3 is 1. The van der Waals surface area contributed by atoms with Crippen LogP contribution >= 0.6 is 0 Å². The number of hydrogen-bond donors (Lipinski definition) is 2. The summed E-state index contributed by atoms with van der Waals surface area (Å²) in [7, 11) is 1.66. The predicted molar refractivity (Wildman–Crippen MR) is 82.0 cm³/mol. The molecule has 0 fully saturated rings. The second-order valence-electron chi connectivity index (χ2n) is 4.46. The standard InChI is InChI=1S/C16H22N2O3/c1-4-9-18-16(19)13(2)21-15-8-6-5-7-14(15)12-17-10-11-20-3/h1,5-8,13,17H,9-12H2,2-3H3,(H,18,19). The molecule has 2 N–H and O–H groups in total. The van der Waals surface area contributed by atoms with E-state index in [1.807, 2.05) is 24.3 Å². The van der Waals surface area contributed by atoms with E-state index in [9.17, 15) is 4.79 Å². The van der Waals surface area contributed by atoms with Crippen LogP contribution in [0, 0.1) is 12.3 Å². The topological polar surface area (TPSA) is 59.6 Å². The second-order valence-corrected chi connectivity index (χ2v) is 4.46. The number of ether oxygens (including phenoxy) is 2. The molecule has 1 rings (SSSR count). The third-order valence-corrected chi connectivity index (χ3v) is 2.81. The van der Waals surface area contributed by atoms with Gasteiger partial charge in [-0.25, -0.2) is 0 Å². The molecule has 5 nitrogen and oxygen atoms in total. The van der Waals surface area contributed by atoms with Crippen molar-refractivity contribution in [2.75, 3.05) is 26.8 Å². The fourth-order valence-corrected chi connectivity index (χ4v) is 1.69. The van der Waals surface area contributed by atoms with Gasteiger partial charge in [-0.2, -0.15) is 0 Å². The summed E-state index contributed by atoms with van der Waals surface area (Å²) in [5.74, 6) is 2.82. The van der Waals surface area contributed by atoms with Crippen LogP contribution in [0.5, 0.6) is 5.75 Å². The van der Waals surface area contributed by atoms with Crippen molar-refractivity contribution in [2.24, 2.45) is 0 Å². The molecule has 0 saturated heterocycles. The van der Waals surface area contributed by atoms with E-state index >= 15 is 0 Å². The van der Waals surface area contributed by atoms with Crippen LogP contribution in [-0.4, -0.2) is 38.8 Å². The van der Waals surface area contributed by atoms with E-state index in [2.05, 4.69) is 16.6 Å². The average molecular weight is 290 g/mol. The Morgan fingerprint density at radius 1 is 1.43 bits per heavy atom. The van der Waals surface area contributed by atoms with Gasteiger partial charge in [0.15, 0.2) is 6.10 Å². The lowest BCUT2D eigenvalue weighted by atomic mass is 10.2. The van der Waals surface area contributed by atoms with Gasteiger partial charge in [-0.05, 0) is 13.0 Å². The van der Waals surface area contributed by atoms with Crippen LogP contribution in [0.25, 0.3) is 0 Å².